The lowest BCUT2D eigenvalue weighted by Gasteiger charge is -2.00. The van der Waals surface area contributed by atoms with Crippen LogP contribution >= 0.6 is 0 Å². The Labute approximate surface area is 143 Å². The van der Waals surface area contributed by atoms with E-state index in [-0.39, 0.29) is 0 Å². The number of carbonyl (C=O) groups is 1. The normalized spacial score (nSPS) is 11.2. The number of rotatable bonds is 17. The summed E-state index contributed by atoms with van der Waals surface area (Å²) < 4.78 is 0. The molecule has 0 spiro atoms. The minimum atomic E-state index is -0.520. The van der Waals surface area contributed by atoms with Crippen molar-refractivity contribution < 1.29 is 14.9 Å². The van der Waals surface area contributed by atoms with Crippen LogP contribution in [-0.4, -0.2) is 11.2 Å². The SMILES string of the molecule is CCCCCCCCCCC=CCCCCCCCC(=O)OO. The van der Waals surface area contributed by atoms with Crippen LogP contribution in [0.1, 0.15) is 110 Å². The van der Waals surface area contributed by atoms with Gasteiger partial charge in [-0.05, 0) is 32.1 Å². The van der Waals surface area contributed by atoms with Crippen LogP contribution < -0.4 is 0 Å². The number of allylic oxidation sites excluding steroid dienone is 2. The molecule has 0 aliphatic heterocycles. The van der Waals surface area contributed by atoms with E-state index in [4.69, 9.17) is 5.26 Å². The molecule has 0 radical (unpaired) electrons. The average molecular weight is 327 g/mol. The van der Waals surface area contributed by atoms with Gasteiger partial charge in [0.1, 0.15) is 0 Å². The molecular formula is C20H38O3. The summed E-state index contributed by atoms with van der Waals surface area (Å²) in [5.74, 6) is -0.520. The van der Waals surface area contributed by atoms with Crippen molar-refractivity contribution >= 4 is 5.97 Å². The maximum atomic E-state index is 10.7. The summed E-state index contributed by atoms with van der Waals surface area (Å²) in [6.07, 6.45) is 24.0. The molecule has 0 rings (SSSR count). The third-order valence-electron chi connectivity index (χ3n) is 4.24. The third kappa shape index (κ3) is 19.1. The predicted molar refractivity (Wildman–Crippen MR) is 97.4 cm³/mol. The van der Waals surface area contributed by atoms with Gasteiger partial charge >= 0.3 is 5.97 Å². The van der Waals surface area contributed by atoms with E-state index in [1.54, 1.807) is 0 Å². The van der Waals surface area contributed by atoms with Gasteiger partial charge in [0.05, 0.1) is 0 Å². The standard InChI is InChI=1S/C20H38O3/c1-2-3-4-5-6-7-8-9-10-11-12-13-14-15-16-17-18-19-20(21)23-22/h11-12,22H,2-10,13-19H2,1H3. The molecule has 0 aromatic rings. The summed E-state index contributed by atoms with van der Waals surface area (Å²) in [4.78, 5) is 14.3. The first-order valence-corrected chi connectivity index (χ1v) is 9.80. The van der Waals surface area contributed by atoms with Gasteiger partial charge in [-0.1, -0.05) is 83.3 Å². The second kappa shape index (κ2) is 19.2. The van der Waals surface area contributed by atoms with Crippen molar-refractivity contribution in [1.82, 2.24) is 0 Å². The number of hydrogen-bond donors (Lipinski definition) is 1. The van der Waals surface area contributed by atoms with Crippen LogP contribution in [0.25, 0.3) is 0 Å². The molecule has 0 bridgehead atoms. The molecule has 0 saturated heterocycles. The zero-order valence-corrected chi connectivity index (χ0v) is 15.2. The fraction of sp³-hybridized carbons (Fsp3) is 0.850. The van der Waals surface area contributed by atoms with Crippen LogP contribution in [0.3, 0.4) is 0 Å². The lowest BCUT2D eigenvalue weighted by atomic mass is 10.1. The Morgan fingerprint density at radius 2 is 1.17 bits per heavy atom. The lowest BCUT2D eigenvalue weighted by molar-refractivity contribution is -0.234. The van der Waals surface area contributed by atoms with Gasteiger partial charge in [0.15, 0.2) is 0 Å². The first-order valence-electron chi connectivity index (χ1n) is 9.80. The van der Waals surface area contributed by atoms with Crippen molar-refractivity contribution in [3.05, 3.63) is 12.2 Å². The topological polar surface area (TPSA) is 46.5 Å². The van der Waals surface area contributed by atoms with Crippen molar-refractivity contribution in [3.8, 4) is 0 Å². The number of unbranched alkanes of at least 4 members (excludes halogenated alkanes) is 13. The van der Waals surface area contributed by atoms with Gasteiger partial charge in [-0.15, -0.1) is 0 Å². The van der Waals surface area contributed by atoms with E-state index in [1.165, 1.54) is 77.0 Å². The first-order chi connectivity index (χ1) is 11.3. The van der Waals surface area contributed by atoms with E-state index in [0.29, 0.717) is 6.42 Å². The van der Waals surface area contributed by atoms with Gasteiger partial charge < -0.3 is 4.89 Å². The van der Waals surface area contributed by atoms with Gasteiger partial charge in [0.2, 0.25) is 0 Å². The second-order valence-corrected chi connectivity index (χ2v) is 6.50. The van der Waals surface area contributed by atoms with Gasteiger partial charge in [-0.3, -0.25) is 0 Å². The fourth-order valence-corrected chi connectivity index (χ4v) is 2.74. The van der Waals surface area contributed by atoms with Crippen LogP contribution in [0.2, 0.25) is 0 Å². The van der Waals surface area contributed by atoms with E-state index in [2.05, 4.69) is 24.0 Å². The number of hydrogen-bond acceptors (Lipinski definition) is 3. The summed E-state index contributed by atoms with van der Waals surface area (Å²) in [6, 6.07) is 0. The summed E-state index contributed by atoms with van der Waals surface area (Å²) >= 11 is 0. The highest BCUT2D eigenvalue weighted by atomic mass is 17.1. The first kappa shape index (κ1) is 22.2. The minimum absolute atomic E-state index is 0.328. The minimum Gasteiger partial charge on any atom is -0.301 e. The molecule has 0 aromatic heterocycles. The zero-order chi connectivity index (χ0) is 17.0. The summed E-state index contributed by atoms with van der Waals surface area (Å²) in [7, 11) is 0. The molecule has 0 aliphatic rings. The smallest absolute Gasteiger partial charge is 0.301 e. The van der Waals surface area contributed by atoms with Crippen LogP contribution in [0, 0.1) is 0 Å². The zero-order valence-electron chi connectivity index (χ0n) is 15.2. The molecule has 0 aromatic carbocycles. The van der Waals surface area contributed by atoms with Gasteiger partial charge in [0, 0.05) is 6.42 Å². The van der Waals surface area contributed by atoms with Crippen LogP contribution in [0.5, 0.6) is 0 Å². The average Bonchev–Trinajstić information content (AvgIpc) is 2.57. The molecule has 0 aliphatic carbocycles. The molecule has 0 amide bonds. The van der Waals surface area contributed by atoms with Crippen molar-refractivity contribution in [2.45, 2.75) is 110 Å². The molecule has 3 heteroatoms. The van der Waals surface area contributed by atoms with Crippen LogP contribution in [0.15, 0.2) is 12.2 Å². The molecule has 0 heterocycles. The Bertz CT molecular complexity index is 274. The lowest BCUT2D eigenvalue weighted by Crippen LogP contribution is -1.99. The van der Waals surface area contributed by atoms with Gasteiger partial charge in [-0.25, -0.2) is 4.79 Å². The molecule has 3 nitrogen and oxygen atoms in total. The van der Waals surface area contributed by atoms with E-state index in [1.807, 2.05) is 0 Å². The van der Waals surface area contributed by atoms with Crippen LogP contribution in [0.4, 0.5) is 0 Å². The van der Waals surface area contributed by atoms with Crippen molar-refractivity contribution in [1.29, 1.82) is 0 Å². The molecule has 23 heavy (non-hydrogen) atoms. The Hall–Kier alpha value is -0.830. The molecular weight excluding hydrogens is 288 g/mol. The highest BCUT2D eigenvalue weighted by Gasteiger charge is 2.00. The predicted octanol–water partition coefficient (Wildman–Crippen LogP) is 6.82. The maximum Gasteiger partial charge on any atom is 0.342 e. The van der Waals surface area contributed by atoms with E-state index >= 15 is 0 Å². The Morgan fingerprint density at radius 3 is 1.65 bits per heavy atom. The van der Waals surface area contributed by atoms with E-state index in [0.717, 1.165) is 19.3 Å². The second-order valence-electron chi connectivity index (χ2n) is 6.50. The van der Waals surface area contributed by atoms with Crippen molar-refractivity contribution in [2.75, 3.05) is 0 Å². The Kier molecular flexibility index (Phi) is 18.5. The van der Waals surface area contributed by atoms with E-state index < -0.39 is 5.97 Å². The maximum absolute atomic E-state index is 10.7. The van der Waals surface area contributed by atoms with Gasteiger partial charge in [0.25, 0.3) is 0 Å². The molecule has 136 valence electrons. The van der Waals surface area contributed by atoms with Crippen molar-refractivity contribution in [2.24, 2.45) is 0 Å². The molecule has 0 unspecified atom stereocenters. The molecule has 1 N–H and O–H groups in total. The molecule has 0 atom stereocenters. The Balaban J connectivity index is 3.10. The fourth-order valence-electron chi connectivity index (χ4n) is 2.74. The third-order valence-corrected chi connectivity index (χ3v) is 4.24. The number of carbonyl (C=O) groups excluding carboxylic acids is 1. The highest BCUT2D eigenvalue weighted by molar-refractivity contribution is 5.68. The molecule has 0 saturated carbocycles. The van der Waals surface area contributed by atoms with Crippen LogP contribution in [-0.2, 0) is 9.68 Å². The quantitative estimate of drug-likeness (QED) is 0.138. The summed E-state index contributed by atoms with van der Waals surface area (Å²) in [5, 5.41) is 8.11. The summed E-state index contributed by atoms with van der Waals surface area (Å²) in [6.45, 7) is 2.27. The largest absolute Gasteiger partial charge is 0.342 e. The highest BCUT2D eigenvalue weighted by Crippen LogP contribution is 2.11. The van der Waals surface area contributed by atoms with Crippen molar-refractivity contribution in [3.63, 3.8) is 0 Å². The Morgan fingerprint density at radius 1 is 0.739 bits per heavy atom. The van der Waals surface area contributed by atoms with E-state index in [9.17, 15) is 4.79 Å². The van der Waals surface area contributed by atoms with Gasteiger partial charge in [-0.2, -0.15) is 5.26 Å². The monoisotopic (exact) mass is 326 g/mol. The summed E-state index contributed by atoms with van der Waals surface area (Å²) in [5.41, 5.74) is 0. The molecule has 0 fully saturated rings.